The lowest BCUT2D eigenvalue weighted by molar-refractivity contribution is 0.124. The molecule has 0 fully saturated rings. The largest absolute Gasteiger partial charge is 0.493 e. The molecule has 90 heavy (non-hydrogen) atoms. The summed E-state index contributed by atoms with van der Waals surface area (Å²) in [5, 5.41) is 13.4. The summed E-state index contributed by atoms with van der Waals surface area (Å²) in [7, 11) is 0. The lowest BCUT2D eigenvalue weighted by Crippen LogP contribution is -2.03. The highest BCUT2D eigenvalue weighted by molar-refractivity contribution is 7.26. The van der Waals surface area contributed by atoms with Crippen LogP contribution in [0.2, 0.25) is 0 Å². The Kier molecular flexibility index (Phi) is 24.3. The summed E-state index contributed by atoms with van der Waals surface area (Å²) < 4.78 is 27.2. The third kappa shape index (κ3) is 17.8. The van der Waals surface area contributed by atoms with Gasteiger partial charge in [-0.15, -0.1) is 68.0 Å². The second-order valence-electron chi connectivity index (χ2n) is 24.2. The lowest BCUT2D eigenvalue weighted by atomic mass is 9.91. The molecule has 0 saturated heterocycles. The van der Waals surface area contributed by atoms with Crippen LogP contribution in [0, 0.1) is 11.8 Å². The Morgan fingerprint density at radius 3 is 1.10 bits per heavy atom. The molecule has 4 nitrogen and oxygen atoms in total. The number of allylic oxidation sites excluding steroid dienone is 8. The fourth-order valence-corrected chi connectivity index (χ4v) is 18.6. The lowest BCUT2D eigenvalue weighted by Gasteiger charge is -2.20. The predicted molar refractivity (Wildman–Crippen MR) is 393 cm³/mol. The fraction of sp³-hybridized carbons (Fsp3) is 0.350. The van der Waals surface area contributed by atoms with Crippen molar-refractivity contribution in [3.05, 3.63) is 214 Å². The van der Waals surface area contributed by atoms with Crippen LogP contribution >= 0.6 is 68.0 Å². The van der Waals surface area contributed by atoms with E-state index < -0.39 is 0 Å². The summed E-state index contributed by atoms with van der Waals surface area (Å²) in [4.78, 5) is 10.7. The van der Waals surface area contributed by atoms with Crippen LogP contribution in [0.1, 0.15) is 138 Å². The second kappa shape index (κ2) is 34.1. The Morgan fingerprint density at radius 2 is 0.711 bits per heavy atom. The first-order chi connectivity index (χ1) is 44.7. The number of unbranched alkanes of at least 4 members (excludes halogenated alkanes) is 14. The van der Waals surface area contributed by atoms with E-state index in [-0.39, 0.29) is 0 Å². The van der Waals surface area contributed by atoms with Gasteiger partial charge in [-0.3, -0.25) is 0 Å². The van der Waals surface area contributed by atoms with Gasteiger partial charge in [-0.1, -0.05) is 199 Å². The van der Waals surface area contributed by atoms with Gasteiger partial charge in [-0.05, 0) is 176 Å². The van der Waals surface area contributed by atoms with Gasteiger partial charge in [0.25, 0.3) is 0 Å². The van der Waals surface area contributed by atoms with Crippen molar-refractivity contribution in [2.75, 3.05) is 26.4 Å². The highest BCUT2D eigenvalue weighted by atomic mass is 32.1. The van der Waals surface area contributed by atoms with Crippen LogP contribution in [0.25, 0.3) is 71.7 Å². The van der Waals surface area contributed by atoms with Gasteiger partial charge >= 0.3 is 0 Å². The average Bonchev–Trinajstić information content (AvgIpc) is 1.42. The molecule has 6 aromatic heterocycles. The van der Waals surface area contributed by atoms with Gasteiger partial charge in [-0.2, -0.15) is 0 Å². The van der Waals surface area contributed by atoms with Crippen molar-refractivity contribution in [3.8, 4) is 61.6 Å². The smallest absolute Gasteiger partial charge is 0.127 e. The molecule has 10 heteroatoms. The van der Waals surface area contributed by atoms with Crippen molar-refractivity contribution in [3.63, 3.8) is 0 Å². The minimum Gasteiger partial charge on any atom is -0.493 e. The number of thiophene rings is 6. The van der Waals surface area contributed by atoms with Crippen molar-refractivity contribution in [2.24, 2.45) is 11.8 Å². The van der Waals surface area contributed by atoms with Gasteiger partial charge < -0.3 is 18.9 Å². The van der Waals surface area contributed by atoms with Crippen LogP contribution in [0.15, 0.2) is 191 Å². The van der Waals surface area contributed by atoms with E-state index in [9.17, 15) is 0 Å². The number of fused-ring (bicyclic) bond motifs is 2. The van der Waals surface area contributed by atoms with Crippen LogP contribution < -0.4 is 9.47 Å². The summed E-state index contributed by atoms with van der Waals surface area (Å²) >= 11 is 11.0. The van der Waals surface area contributed by atoms with E-state index in [0.717, 1.165) is 70.2 Å². The zero-order chi connectivity index (χ0) is 60.8. The van der Waals surface area contributed by atoms with Crippen LogP contribution in [-0.4, -0.2) is 26.4 Å². The summed E-state index contributed by atoms with van der Waals surface area (Å²) in [6, 6.07) is 45.1. The van der Waals surface area contributed by atoms with E-state index in [4.69, 9.17) is 18.9 Å². The van der Waals surface area contributed by atoms with E-state index in [0.29, 0.717) is 51.5 Å². The molecule has 0 radical (unpaired) electrons. The number of rotatable bonds is 39. The van der Waals surface area contributed by atoms with Gasteiger partial charge in [-0.25, -0.2) is 0 Å². The average molecular weight is 1300 g/mol. The molecule has 2 aliphatic rings. The van der Waals surface area contributed by atoms with E-state index in [1.165, 1.54) is 164 Å². The standard InChI is InChI=1S/C80H86O4S6/c1(5-9-13-25-59-27-15-16-28-59)3-7-11-19-45-83-69-41-37-63-53-61(57-81-47-43-65-55-75(71-31-21-49-85-71)89-79(65)73-33-23-51-87-73)35-39-67(63)77(69)78-68-40-36-62(58-82-48-44-66-56-76(72-32-22-50-86-72)90-80(66)74-34-24-52-88-74)54-64(68)38-42-70(78)84-46-20-12-8-4-2-6-10-14-26-60-29-17-18-30-60/h15-18,21-24,27-42,49-56,59-60H,1-14,19-20,25-26,43-48,57-58H2. The Labute approximate surface area is 559 Å². The van der Waals surface area contributed by atoms with Gasteiger partial charge in [0.15, 0.2) is 0 Å². The molecular weight excluding hydrogens is 1220 g/mol. The molecular formula is C80H86O4S6. The monoisotopic (exact) mass is 1300 g/mol. The Morgan fingerprint density at radius 1 is 0.333 bits per heavy atom. The maximum atomic E-state index is 7.02. The molecule has 6 heterocycles. The van der Waals surface area contributed by atoms with E-state index in [2.05, 4.69) is 191 Å². The summed E-state index contributed by atoms with van der Waals surface area (Å²) in [5.41, 5.74) is 7.25. The minimum absolute atomic E-state index is 0.540. The predicted octanol–water partition coefficient (Wildman–Crippen LogP) is 25.5. The molecule has 0 saturated carbocycles. The van der Waals surface area contributed by atoms with Crippen molar-refractivity contribution < 1.29 is 18.9 Å². The maximum Gasteiger partial charge on any atom is 0.127 e. The molecule has 0 bridgehead atoms. The number of ether oxygens (including phenoxy) is 4. The van der Waals surface area contributed by atoms with Crippen LogP contribution in [-0.2, 0) is 35.5 Å². The molecule has 12 rings (SSSR count). The van der Waals surface area contributed by atoms with E-state index >= 15 is 0 Å². The quantitative estimate of drug-likeness (QED) is 0.0360. The highest BCUT2D eigenvalue weighted by Crippen LogP contribution is 2.48. The summed E-state index contributed by atoms with van der Waals surface area (Å²) in [5.74, 6) is 3.14. The highest BCUT2D eigenvalue weighted by Gasteiger charge is 2.22. The molecule has 2 aliphatic carbocycles. The Bertz CT molecular complexity index is 3610. The minimum atomic E-state index is 0.540. The summed E-state index contributed by atoms with van der Waals surface area (Å²) in [6.07, 6.45) is 42.5. The Hall–Kier alpha value is -5.92. The molecule has 10 aromatic rings. The van der Waals surface area contributed by atoms with E-state index in [1.807, 2.05) is 68.0 Å². The zero-order valence-electron chi connectivity index (χ0n) is 52.1. The normalized spacial score (nSPS) is 13.2. The fourth-order valence-electron chi connectivity index (χ4n) is 12.7. The molecule has 4 aromatic carbocycles. The zero-order valence-corrected chi connectivity index (χ0v) is 57.0. The van der Waals surface area contributed by atoms with E-state index in [1.54, 1.807) is 0 Å². The first-order valence-electron chi connectivity index (χ1n) is 33.3. The molecule has 0 atom stereocenters. The van der Waals surface area contributed by atoms with Gasteiger partial charge in [0.2, 0.25) is 0 Å². The molecule has 0 spiro atoms. The van der Waals surface area contributed by atoms with Gasteiger partial charge in [0, 0.05) is 50.1 Å². The molecule has 466 valence electrons. The topological polar surface area (TPSA) is 36.9 Å². The van der Waals surface area contributed by atoms with Crippen molar-refractivity contribution in [2.45, 2.75) is 142 Å². The first-order valence-corrected chi connectivity index (χ1v) is 38.5. The van der Waals surface area contributed by atoms with Crippen molar-refractivity contribution >= 4 is 89.6 Å². The second-order valence-corrected chi connectivity index (χ2v) is 30.1. The van der Waals surface area contributed by atoms with Crippen LogP contribution in [0.5, 0.6) is 11.5 Å². The molecule has 0 N–H and O–H groups in total. The number of hydrogen-bond acceptors (Lipinski definition) is 10. The van der Waals surface area contributed by atoms with Gasteiger partial charge in [0.05, 0.1) is 39.6 Å². The number of benzene rings is 4. The maximum absolute atomic E-state index is 7.02. The van der Waals surface area contributed by atoms with Crippen molar-refractivity contribution in [1.29, 1.82) is 0 Å². The third-order valence-corrected chi connectivity index (χ3v) is 24.2. The first kappa shape index (κ1) is 64.2. The van der Waals surface area contributed by atoms with Gasteiger partial charge in [0.1, 0.15) is 11.5 Å². The molecule has 0 aliphatic heterocycles. The van der Waals surface area contributed by atoms with Crippen LogP contribution in [0.4, 0.5) is 0 Å². The Balaban J connectivity index is 0.758. The number of hydrogen-bond donors (Lipinski definition) is 0. The van der Waals surface area contributed by atoms with Crippen molar-refractivity contribution in [1.82, 2.24) is 0 Å². The summed E-state index contributed by atoms with van der Waals surface area (Å²) in [6.45, 7) is 3.72. The third-order valence-electron chi connectivity index (χ3n) is 17.6. The van der Waals surface area contributed by atoms with Crippen LogP contribution in [0.3, 0.4) is 0 Å². The molecule has 0 amide bonds. The molecule has 0 unspecified atom stereocenters. The SMILES string of the molecule is C1=CC(CCCCCCCCCCOc2ccc3cc(COCCc4cc(-c5cccs5)sc4-c4cccs4)ccc3c2-c2c(OCCCCCCCCCCC3C=CC=C3)ccc3cc(COCCc4cc(-c5cccs5)sc4-c4cccs4)ccc23)C=C1.